The molecule has 0 aliphatic heterocycles. The summed E-state index contributed by atoms with van der Waals surface area (Å²) in [6.07, 6.45) is 0.937. The third-order valence-corrected chi connectivity index (χ3v) is 3.36. The van der Waals surface area contributed by atoms with Crippen molar-refractivity contribution in [3.8, 4) is 0 Å². The number of aromatic nitrogens is 2. The van der Waals surface area contributed by atoms with Crippen molar-refractivity contribution in [3.63, 3.8) is 0 Å². The minimum atomic E-state index is 0.513. The number of hydrogen-bond acceptors (Lipinski definition) is 7. The normalized spacial score (nSPS) is 10.7. The largest absolute Gasteiger partial charge is 0.385 e. The van der Waals surface area contributed by atoms with Crippen LogP contribution in [0.1, 0.15) is 6.42 Å². The van der Waals surface area contributed by atoms with E-state index in [-0.39, 0.29) is 0 Å². The molecule has 86 valence electrons. The molecule has 0 aliphatic rings. The van der Waals surface area contributed by atoms with Gasteiger partial charge >= 0.3 is 0 Å². The summed E-state index contributed by atoms with van der Waals surface area (Å²) in [7, 11) is 1.69. The molecular weight excluding hydrogens is 234 g/mol. The zero-order valence-electron chi connectivity index (χ0n) is 8.64. The highest BCUT2D eigenvalue weighted by Crippen LogP contribution is 2.22. The van der Waals surface area contributed by atoms with E-state index in [1.54, 1.807) is 18.9 Å². The third-order valence-electron chi connectivity index (χ3n) is 1.51. The van der Waals surface area contributed by atoms with Crippen molar-refractivity contribution < 1.29 is 9.47 Å². The van der Waals surface area contributed by atoms with Crippen LogP contribution in [0.15, 0.2) is 4.34 Å². The molecule has 2 N–H and O–H groups in total. The maximum Gasteiger partial charge on any atom is 0.203 e. The number of nitrogens with zero attached hydrogens (tertiary/aromatic N) is 2. The first-order valence-electron chi connectivity index (χ1n) is 4.61. The van der Waals surface area contributed by atoms with E-state index >= 15 is 0 Å². The minimum absolute atomic E-state index is 0.513. The Hall–Kier alpha value is -0.370. The van der Waals surface area contributed by atoms with Gasteiger partial charge in [-0.1, -0.05) is 23.1 Å². The van der Waals surface area contributed by atoms with Crippen molar-refractivity contribution in [1.29, 1.82) is 0 Å². The van der Waals surface area contributed by atoms with Gasteiger partial charge in [-0.15, -0.1) is 10.2 Å². The number of ether oxygens (including phenoxy) is 2. The molecular formula is C8H15N3O2S2. The Balaban J connectivity index is 1.93. The van der Waals surface area contributed by atoms with Crippen molar-refractivity contribution in [3.05, 3.63) is 0 Å². The molecule has 1 rings (SSSR count). The van der Waals surface area contributed by atoms with Gasteiger partial charge in [0.15, 0.2) is 4.34 Å². The van der Waals surface area contributed by atoms with E-state index in [0.29, 0.717) is 11.7 Å². The highest BCUT2D eigenvalue weighted by molar-refractivity contribution is 8.01. The van der Waals surface area contributed by atoms with Gasteiger partial charge < -0.3 is 15.2 Å². The van der Waals surface area contributed by atoms with Crippen molar-refractivity contribution in [2.24, 2.45) is 0 Å². The van der Waals surface area contributed by atoms with E-state index in [4.69, 9.17) is 15.2 Å². The second-order valence-electron chi connectivity index (χ2n) is 2.71. The third kappa shape index (κ3) is 5.93. The highest BCUT2D eigenvalue weighted by Gasteiger charge is 2.00. The average Bonchev–Trinajstić information content (AvgIpc) is 2.63. The van der Waals surface area contributed by atoms with Gasteiger partial charge in [-0.3, -0.25) is 0 Å². The van der Waals surface area contributed by atoms with Crippen LogP contribution in [0.25, 0.3) is 0 Å². The molecule has 0 unspecified atom stereocenters. The Labute approximate surface area is 97.4 Å². The maximum absolute atomic E-state index is 5.45. The lowest BCUT2D eigenvalue weighted by atomic mass is 10.5. The number of nitrogen functional groups attached to an aromatic ring is 1. The topological polar surface area (TPSA) is 70.3 Å². The first kappa shape index (κ1) is 12.7. The first-order valence-corrected chi connectivity index (χ1v) is 6.41. The molecule has 0 aromatic carbocycles. The molecule has 0 atom stereocenters. The summed E-state index contributed by atoms with van der Waals surface area (Å²) in [5.41, 5.74) is 5.45. The van der Waals surface area contributed by atoms with Crippen LogP contribution in [0.2, 0.25) is 0 Å². The van der Waals surface area contributed by atoms with Crippen molar-refractivity contribution >= 4 is 28.2 Å². The molecule has 15 heavy (non-hydrogen) atoms. The Morgan fingerprint density at radius 1 is 1.33 bits per heavy atom. The molecule has 1 heterocycles. The number of hydrogen-bond donors (Lipinski definition) is 1. The first-order chi connectivity index (χ1) is 7.33. The molecule has 0 fully saturated rings. The maximum atomic E-state index is 5.45. The molecule has 0 radical (unpaired) electrons. The Kier molecular flexibility index (Phi) is 6.66. The smallest absolute Gasteiger partial charge is 0.203 e. The van der Waals surface area contributed by atoms with Crippen molar-refractivity contribution in [2.75, 3.05) is 38.4 Å². The molecule has 0 spiro atoms. The summed E-state index contributed by atoms with van der Waals surface area (Å²) in [5, 5.41) is 8.13. The van der Waals surface area contributed by atoms with Crippen LogP contribution < -0.4 is 5.73 Å². The number of nitrogens with two attached hydrogens (primary N) is 1. The molecule has 7 heteroatoms. The standard InChI is InChI=1S/C8H15N3O2S2/c1-12-3-2-4-13-5-6-14-8-11-10-7(9)15-8/h2-6H2,1H3,(H2,9,10). The lowest BCUT2D eigenvalue weighted by molar-refractivity contribution is 0.113. The van der Waals surface area contributed by atoms with E-state index in [1.165, 1.54) is 11.3 Å². The Morgan fingerprint density at radius 2 is 2.20 bits per heavy atom. The van der Waals surface area contributed by atoms with Gasteiger partial charge in [0, 0.05) is 26.1 Å². The molecule has 0 bridgehead atoms. The van der Waals surface area contributed by atoms with Crippen LogP contribution in [-0.2, 0) is 9.47 Å². The van der Waals surface area contributed by atoms with Gasteiger partial charge in [0.05, 0.1) is 6.61 Å². The van der Waals surface area contributed by atoms with E-state index < -0.39 is 0 Å². The molecule has 0 amide bonds. The van der Waals surface area contributed by atoms with Crippen LogP contribution in [0.5, 0.6) is 0 Å². The molecule has 5 nitrogen and oxygen atoms in total. The van der Waals surface area contributed by atoms with Gasteiger partial charge in [0.25, 0.3) is 0 Å². The molecule has 0 aliphatic carbocycles. The predicted octanol–water partition coefficient (Wildman–Crippen LogP) is 1.27. The zero-order chi connectivity index (χ0) is 10.9. The van der Waals surface area contributed by atoms with Crippen LogP contribution in [0, 0.1) is 0 Å². The lowest BCUT2D eigenvalue weighted by Crippen LogP contribution is -2.01. The number of rotatable bonds is 8. The van der Waals surface area contributed by atoms with E-state index in [9.17, 15) is 0 Å². The lowest BCUT2D eigenvalue weighted by Gasteiger charge is -2.01. The Morgan fingerprint density at radius 3 is 2.87 bits per heavy atom. The summed E-state index contributed by atoms with van der Waals surface area (Å²) >= 11 is 3.02. The van der Waals surface area contributed by atoms with Crippen LogP contribution in [0.4, 0.5) is 5.13 Å². The summed E-state index contributed by atoms with van der Waals surface area (Å²) in [5.74, 6) is 0.877. The second kappa shape index (κ2) is 7.86. The number of thioether (sulfide) groups is 1. The summed E-state index contributed by atoms with van der Waals surface area (Å²) in [6, 6.07) is 0. The second-order valence-corrected chi connectivity index (χ2v) is 5.06. The van der Waals surface area contributed by atoms with E-state index in [2.05, 4.69) is 10.2 Å². The monoisotopic (exact) mass is 249 g/mol. The summed E-state index contributed by atoms with van der Waals surface area (Å²) < 4.78 is 11.2. The van der Waals surface area contributed by atoms with E-state index in [1.807, 2.05) is 0 Å². The van der Waals surface area contributed by atoms with Crippen LogP contribution in [0.3, 0.4) is 0 Å². The zero-order valence-corrected chi connectivity index (χ0v) is 10.3. The Bertz CT molecular complexity index is 270. The van der Waals surface area contributed by atoms with Gasteiger partial charge in [-0.25, -0.2) is 0 Å². The highest BCUT2D eigenvalue weighted by atomic mass is 32.2. The van der Waals surface area contributed by atoms with Gasteiger partial charge in [0.1, 0.15) is 0 Å². The number of anilines is 1. The fraction of sp³-hybridized carbons (Fsp3) is 0.750. The number of methoxy groups -OCH3 is 1. The SMILES string of the molecule is COCCCOCCSc1nnc(N)s1. The van der Waals surface area contributed by atoms with Crippen molar-refractivity contribution in [1.82, 2.24) is 10.2 Å². The molecule has 1 aromatic heterocycles. The summed E-state index contributed by atoms with van der Waals surface area (Å²) in [4.78, 5) is 0. The van der Waals surface area contributed by atoms with Gasteiger partial charge in [0.2, 0.25) is 5.13 Å². The molecule has 0 saturated carbocycles. The quantitative estimate of drug-likeness (QED) is 0.552. The fourth-order valence-electron chi connectivity index (χ4n) is 0.874. The van der Waals surface area contributed by atoms with Crippen LogP contribution in [-0.4, -0.2) is 42.9 Å². The molecule has 1 aromatic rings. The minimum Gasteiger partial charge on any atom is -0.385 e. The van der Waals surface area contributed by atoms with Gasteiger partial charge in [-0.2, -0.15) is 0 Å². The van der Waals surface area contributed by atoms with Crippen molar-refractivity contribution in [2.45, 2.75) is 10.8 Å². The molecule has 0 saturated heterocycles. The van der Waals surface area contributed by atoms with Crippen LogP contribution >= 0.6 is 23.1 Å². The summed E-state index contributed by atoms with van der Waals surface area (Å²) in [6.45, 7) is 2.21. The fourth-order valence-corrected chi connectivity index (χ4v) is 2.43. The van der Waals surface area contributed by atoms with Gasteiger partial charge in [-0.05, 0) is 6.42 Å². The van der Waals surface area contributed by atoms with E-state index in [0.717, 1.165) is 29.7 Å². The average molecular weight is 249 g/mol. The predicted molar refractivity (Wildman–Crippen MR) is 62.4 cm³/mol.